The van der Waals surface area contributed by atoms with Gasteiger partial charge in [0.15, 0.2) is 0 Å². The number of carboxylic acid groups (broad SMARTS) is 1. The normalized spacial score (nSPS) is 19.5. The van der Waals surface area contributed by atoms with Crippen LogP contribution in [-0.2, 0) is 18.3 Å². The zero-order valence-corrected chi connectivity index (χ0v) is 11.3. The molecule has 0 aliphatic carbocycles. The molecule has 2 rings (SSSR count). The van der Waals surface area contributed by atoms with Crippen LogP contribution in [0.25, 0.3) is 0 Å². The van der Waals surface area contributed by atoms with Crippen molar-refractivity contribution in [1.82, 2.24) is 14.7 Å². The van der Waals surface area contributed by atoms with Crippen LogP contribution in [0.3, 0.4) is 0 Å². The summed E-state index contributed by atoms with van der Waals surface area (Å²) in [7, 11) is 1.74. The minimum absolute atomic E-state index is 0.124. The Morgan fingerprint density at radius 1 is 1.53 bits per heavy atom. The van der Waals surface area contributed by atoms with Crippen molar-refractivity contribution in [2.45, 2.75) is 26.2 Å². The Morgan fingerprint density at radius 3 is 2.84 bits per heavy atom. The Bertz CT molecular complexity index is 495. The predicted molar refractivity (Wildman–Crippen MR) is 68.8 cm³/mol. The number of rotatable bonds is 3. The summed E-state index contributed by atoms with van der Waals surface area (Å²) in [5.41, 5.74) is 1.40. The molecule has 1 aromatic heterocycles. The van der Waals surface area contributed by atoms with E-state index in [9.17, 15) is 9.59 Å². The Hall–Kier alpha value is -1.85. The van der Waals surface area contributed by atoms with Gasteiger partial charge in [-0.1, -0.05) is 6.92 Å². The van der Waals surface area contributed by atoms with Gasteiger partial charge in [-0.05, 0) is 25.3 Å². The molecule has 1 saturated heterocycles. The van der Waals surface area contributed by atoms with E-state index in [2.05, 4.69) is 5.10 Å². The highest BCUT2D eigenvalue weighted by Crippen LogP contribution is 2.19. The smallest absolute Gasteiger partial charge is 0.308 e. The molecule has 1 atom stereocenters. The molecule has 0 spiro atoms. The lowest BCUT2D eigenvalue weighted by Gasteiger charge is -2.30. The van der Waals surface area contributed by atoms with Crippen LogP contribution in [0.5, 0.6) is 0 Å². The SMILES string of the molecule is CCc1cc(C(=O)N2CCC[C@H](C(=O)O)C2)n(C)n1. The fourth-order valence-corrected chi connectivity index (χ4v) is 2.42. The highest BCUT2D eigenvalue weighted by atomic mass is 16.4. The molecule has 0 saturated carbocycles. The van der Waals surface area contributed by atoms with Crippen LogP contribution in [-0.4, -0.2) is 44.8 Å². The predicted octanol–water partition coefficient (Wildman–Crippen LogP) is 0.919. The van der Waals surface area contributed by atoms with Crippen molar-refractivity contribution in [1.29, 1.82) is 0 Å². The topological polar surface area (TPSA) is 75.4 Å². The van der Waals surface area contributed by atoms with Crippen molar-refractivity contribution in [3.8, 4) is 0 Å². The van der Waals surface area contributed by atoms with Gasteiger partial charge in [0.1, 0.15) is 5.69 Å². The summed E-state index contributed by atoms with van der Waals surface area (Å²) in [6.45, 7) is 2.90. The van der Waals surface area contributed by atoms with E-state index in [1.165, 1.54) is 0 Å². The van der Waals surface area contributed by atoms with Crippen LogP contribution in [0.15, 0.2) is 6.07 Å². The first-order valence-electron chi connectivity index (χ1n) is 6.58. The minimum Gasteiger partial charge on any atom is -0.481 e. The first kappa shape index (κ1) is 13.6. The van der Waals surface area contributed by atoms with Crippen molar-refractivity contribution in [2.75, 3.05) is 13.1 Å². The lowest BCUT2D eigenvalue weighted by Crippen LogP contribution is -2.42. The van der Waals surface area contributed by atoms with E-state index in [0.29, 0.717) is 25.2 Å². The van der Waals surface area contributed by atoms with Gasteiger partial charge in [0.2, 0.25) is 0 Å². The fraction of sp³-hybridized carbons (Fsp3) is 0.615. The quantitative estimate of drug-likeness (QED) is 0.881. The summed E-state index contributed by atoms with van der Waals surface area (Å²) in [5.74, 6) is -1.39. The molecule has 1 fully saturated rings. The van der Waals surface area contributed by atoms with Crippen molar-refractivity contribution in [3.63, 3.8) is 0 Å². The van der Waals surface area contributed by atoms with Gasteiger partial charge in [0, 0.05) is 20.1 Å². The summed E-state index contributed by atoms with van der Waals surface area (Å²) in [6, 6.07) is 1.78. The van der Waals surface area contributed by atoms with Crippen molar-refractivity contribution >= 4 is 11.9 Å². The number of amides is 1. The second-order valence-corrected chi connectivity index (χ2v) is 4.93. The maximum atomic E-state index is 12.4. The molecular formula is C13H19N3O3. The van der Waals surface area contributed by atoms with Gasteiger partial charge in [-0.2, -0.15) is 5.10 Å². The van der Waals surface area contributed by atoms with Gasteiger partial charge in [-0.15, -0.1) is 0 Å². The fourth-order valence-electron chi connectivity index (χ4n) is 2.42. The standard InChI is InChI=1S/C13H19N3O3/c1-3-10-7-11(15(2)14-10)12(17)16-6-4-5-9(8-16)13(18)19/h7,9H,3-6,8H2,1-2H3,(H,18,19)/t9-/m0/s1. The van der Waals surface area contributed by atoms with E-state index in [0.717, 1.165) is 18.5 Å². The van der Waals surface area contributed by atoms with Crippen LogP contribution in [0, 0.1) is 5.92 Å². The van der Waals surface area contributed by atoms with Crippen molar-refractivity contribution < 1.29 is 14.7 Å². The number of likely N-dealkylation sites (tertiary alicyclic amines) is 1. The lowest BCUT2D eigenvalue weighted by molar-refractivity contribution is -0.143. The molecule has 1 aliphatic rings. The molecule has 0 aromatic carbocycles. The largest absolute Gasteiger partial charge is 0.481 e. The molecule has 1 amide bonds. The van der Waals surface area contributed by atoms with Crippen LogP contribution in [0.2, 0.25) is 0 Å². The van der Waals surface area contributed by atoms with Gasteiger partial charge in [0.05, 0.1) is 11.6 Å². The van der Waals surface area contributed by atoms with E-state index in [1.807, 2.05) is 6.92 Å². The van der Waals surface area contributed by atoms with E-state index in [4.69, 9.17) is 5.11 Å². The van der Waals surface area contributed by atoms with Crippen LogP contribution < -0.4 is 0 Å². The molecule has 6 nitrogen and oxygen atoms in total. The number of piperidine rings is 1. The molecule has 19 heavy (non-hydrogen) atoms. The minimum atomic E-state index is -0.822. The van der Waals surface area contributed by atoms with Crippen molar-refractivity contribution in [3.05, 3.63) is 17.5 Å². The maximum Gasteiger partial charge on any atom is 0.308 e. The summed E-state index contributed by atoms with van der Waals surface area (Å²) < 4.78 is 1.57. The van der Waals surface area contributed by atoms with Crippen LogP contribution >= 0.6 is 0 Å². The molecule has 6 heteroatoms. The van der Waals surface area contributed by atoms with Crippen molar-refractivity contribution in [2.24, 2.45) is 13.0 Å². The summed E-state index contributed by atoms with van der Waals surface area (Å²) >= 11 is 0. The number of carbonyl (C=O) groups excluding carboxylic acids is 1. The zero-order valence-electron chi connectivity index (χ0n) is 11.3. The molecule has 0 unspecified atom stereocenters. The summed E-state index contributed by atoms with van der Waals surface area (Å²) in [6.07, 6.45) is 2.16. The molecule has 104 valence electrons. The Balaban J connectivity index is 2.14. The van der Waals surface area contributed by atoms with Gasteiger partial charge >= 0.3 is 5.97 Å². The summed E-state index contributed by atoms with van der Waals surface area (Å²) in [4.78, 5) is 25.0. The van der Waals surface area contributed by atoms with Crippen LogP contribution in [0.1, 0.15) is 35.9 Å². The molecule has 1 N–H and O–H groups in total. The Kier molecular flexibility index (Phi) is 3.87. The van der Waals surface area contributed by atoms with E-state index in [-0.39, 0.29) is 5.91 Å². The number of hydrogen-bond acceptors (Lipinski definition) is 3. The Morgan fingerprint density at radius 2 is 2.26 bits per heavy atom. The van der Waals surface area contributed by atoms with E-state index < -0.39 is 11.9 Å². The van der Waals surface area contributed by atoms with Gasteiger partial charge in [-0.3, -0.25) is 14.3 Å². The number of aliphatic carboxylic acids is 1. The molecule has 1 aliphatic heterocycles. The number of hydrogen-bond donors (Lipinski definition) is 1. The van der Waals surface area contributed by atoms with Gasteiger partial charge in [0.25, 0.3) is 5.91 Å². The van der Waals surface area contributed by atoms with Crippen LogP contribution in [0.4, 0.5) is 0 Å². The van der Waals surface area contributed by atoms with Gasteiger partial charge in [-0.25, -0.2) is 0 Å². The Labute approximate surface area is 112 Å². The second-order valence-electron chi connectivity index (χ2n) is 4.93. The van der Waals surface area contributed by atoms with E-state index >= 15 is 0 Å². The number of nitrogens with zero attached hydrogens (tertiary/aromatic N) is 3. The highest BCUT2D eigenvalue weighted by molar-refractivity contribution is 5.93. The zero-order chi connectivity index (χ0) is 14.0. The average molecular weight is 265 g/mol. The number of carbonyl (C=O) groups is 2. The molecule has 0 radical (unpaired) electrons. The highest BCUT2D eigenvalue weighted by Gasteiger charge is 2.29. The average Bonchev–Trinajstić information content (AvgIpc) is 2.79. The monoisotopic (exact) mass is 265 g/mol. The summed E-state index contributed by atoms with van der Waals surface area (Å²) in [5, 5.41) is 13.3. The number of aryl methyl sites for hydroxylation is 2. The first-order valence-corrected chi connectivity index (χ1v) is 6.58. The molecule has 1 aromatic rings. The maximum absolute atomic E-state index is 12.4. The lowest BCUT2D eigenvalue weighted by atomic mass is 9.98. The second kappa shape index (κ2) is 5.42. The molecule has 2 heterocycles. The van der Waals surface area contributed by atoms with Gasteiger partial charge < -0.3 is 10.0 Å². The number of aromatic nitrogens is 2. The number of carboxylic acids is 1. The first-order chi connectivity index (χ1) is 9.02. The van der Waals surface area contributed by atoms with E-state index in [1.54, 1.807) is 22.7 Å². The molecule has 0 bridgehead atoms. The third kappa shape index (κ3) is 2.77. The third-order valence-electron chi connectivity index (χ3n) is 3.57. The molecular weight excluding hydrogens is 246 g/mol. The third-order valence-corrected chi connectivity index (χ3v) is 3.57.